The summed E-state index contributed by atoms with van der Waals surface area (Å²) in [5.74, 6) is -0.150. The van der Waals surface area contributed by atoms with Crippen LogP contribution in [0.5, 0.6) is 0 Å². The third kappa shape index (κ3) is 2.66. The van der Waals surface area contributed by atoms with E-state index in [1.807, 2.05) is 17.0 Å². The predicted octanol–water partition coefficient (Wildman–Crippen LogP) is 2.32. The summed E-state index contributed by atoms with van der Waals surface area (Å²) in [6, 6.07) is 8.65. The van der Waals surface area contributed by atoms with Gasteiger partial charge in [-0.25, -0.2) is 9.37 Å². The van der Waals surface area contributed by atoms with Gasteiger partial charge < -0.3 is 15.3 Å². The van der Waals surface area contributed by atoms with E-state index in [2.05, 4.69) is 39.8 Å². The number of halogens is 2. The maximum Gasteiger partial charge on any atom is 0.266 e. The number of hydrogen-bond acceptors (Lipinski definition) is 5. The van der Waals surface area contributed by atoms with E-state index < -0.39 is 11.9 Å². The Hall–Kier alpha value is -2.04. The second-order valence-electron chi connectivity index (χ2n) is 7.34. The summed E-state index contributed by atoms with van der Waals surface area (Å²) in [7, 11) is 0. The number of aliphatic hydroxyl groups excluding tert-OH is 1. The summed E-state index contributed by atoms with van der Waals surface area (Å²) in [5, 5.41) is 14.3. The second kappa shape index (κ2) is 6.50. The van der Waals surface area contributed by atoms with Crippen LogP contribution in [-0.4, -0.2) is 40.3 Å². The Bertz CT molecular complexity index is 1180. The van der Waals surface area contributed by atoms with Crippen LogP contribution in [0, 0.1) is 9.39 Å². The highest BCUT2D eigenvalue weighted by Crippen LogP contribution is 2.36. The second-order valence-corrected chi connectivity index (χ2v) is 8.58. The minimum absolute atomic E-state index is 0.215. The number of aromatic nitrogens is 2. The lowest BCUT2D eigenvalue weighted by Crippen LogP contribution is -2.49. The molecule has 0 aliphatic carbocycles. The maximum absolute atomic E-state index is 14.9. The molecule has 0 saturated carbocycles. The predicted molar refractivity (Wildman–Crippen MR) is 114 cm³/mol. The molecule has 1 fully saturated rings. The van der Waals surface area contributed by atoms with Gasteiger partial charge in [-0.3, -0.25) is 9.36 Å². The van der Waals surface area contributed by atoms with E-state index >= 15 is 0 Å². The van der Waals surface area contributed by atoms with Gasteiger partial charge >= 0.3 is 0 Å². The molecule has 5 rings (SSSR count). The van der Waals surface area contributed by atoms with Crippen molar-refractivity contribution in [2.45, 2.75) is 19.1 Å². The van der Waals surface area contributed by atoms with Crippen molar-refractivity contribution in [2.24, 2.45) is 0 Å². The standard InChI is InChI=1S/C20H18FIN4O2/c1-10-9-25(5-4-23-10)17-8-15-12(7-14(17)21)20(28)26-16-3-2-11(22)6-13(16)18(27)19(26)24-15/h2-3,6-8,10,18,23,27H,4-5,9H2,1H3. The molecule has 0 radical (unpaired) electrons. The van der Waals surface area contributed by atoms with Crippen LogP contribution in [-0.2, 0) is 0 Å². The van der Waals surface area contributed by atoms with Crippen molar-refractivity contribution in [3.8, 4) is 5.69 Å². The smallest absolute Gasteiger partial charge is 0.266 e. The summed E-state index contributed by atoms with van der Waals surface area (Å²) in [5.41, 5.74) is 1.72. The van der Waals surface area contributed by atoms with Gasteiger partial charge in [0.25, 0.3) is 5.56 Å². The molecule has 2 N–H and O–H groups in total. The first kappa shape index (κ1) is 18.0. The van der Waals surface area contributed by atoms with E-state index in [9.17, 15) is 14.3 Å². The Kier molecular flexibility index (Phi) is 4.18. The summed E-state index contributed by atoms with van der Waals surface area (Å²) < 4.78 is 17.3. The van der Waals surface area contributed by atoms with Crippen LogP contribution in [0.2, 0.25) is 0 Å². The Labute approximate surface area is 174 Å². The van der Waals surface area contributed by atoms with Gasteiger partial charge in [-0.2, -0.15) is 0 Å². The van der Waals surface area contributed by atoms with Crippen LogP contribution in [0.3, 0.4) is 0 Å². The van der Waals surface area contributed by atoms with Crippen molar-refractivity contribution in [1.82, 2.24) is 14.9 Å². The number of nitrogens with one attached hydrogen (secondary N) is 1. The van der Waals surface area contributed by atoms with Crippen molar-refractivity contribution >= 4 is 39.2 Å². The van der Waals surface area contributed by atoms with Gasteiger partial charge in [-0.05, 0) is 59.8 Å². The molecule has 6 nitrogen and oxygen atoms in total. The van der Waals surface area contributed by atoms with E-state index in [0.717, 1.165) is 10.1 Å². The van der Waals surface area contributed by atoms with Crippen LogP contribution in [0.4, 0.5) is 10.1 Å². The number of rotatable bonds is 1. The van der Waals surface area contributed by atoms with Gasteiger partial charge in [0.1, 0.15) is 11.9 Å². The number of nitrogens with zero attached hydrogens (tertiary/aromatic N) is 3. The first-order valence-electron chi connectivity index (χ1n) is 9.16. The Morgan fingerprint density at radius 3 is 2.89 bits per heavy atom. The molecule has 3 aromatic rings. The molecular weight excluding hydrogens is 474 g/mol. The fourth-order valence-electron chi connectivity index (χ4n) is 4.11. The van der Waals surface area contributed by atoms with Gasteiger partial charge in [0.2, 0.25) is 0 Å². The third-order valence-electron chi connectivity index (χ3n) is 5.44. The highest BCUT2D eigenvalue weighted by molar-refractivity contribution is 14.1. The Morgan fingerprint density at radius 2 is 2.11 bits per heavy atom. The Balaban J connectivity index is 1.71. The molecule has 0 amide bonds. The lowest BCUT2D eigenvalue weighted by molar-refractivity contribution is 0.216. The molecule has 2 unspecified atom stereocenters. The highest BCUT2D eigenvalue weighted by Gasteiger charge is 2.31. The summed E-state index contributed by atoms with van der Waals surface area (Å²) >= 11 is 2.16. The average molecular weight is 492 g/mol. The molecule has 2 aliphatic rings. The zero-order valence-electron chi connectivity index (χ0n) is 15.1. The first-order chi connectivity index (χ1) is 13.4. The molecule has 2 aliphatic heterocycles. The molecule has 28 heavy (non-hydrogen) atoms. The first-order valence-corrected chi connectivity index (χ1v) is 10.2. The molecule has 3 heterocycles. The SMILES string of the molecule is CC1CN(c2cc3nc4n(c(=O)c3cc2F)-c2ccc(I)cc2C4O)CCN1. The molecule has 0 bridgehead atoms. The molecule has 1 aromatic heterocycles. The molecular formula is C20H18FIN4O2. The minimum atomic E-state index is -0.977. The normalized spacial score (nSPS) is 21.1. The monoisotopic (exact) mass is 492 g/mol. The fourth-order valence-corrected chi connectivity index (χ4v) is 4.62. The van der Waals surface area contributed by atoms with Crippen LogP contribution in [0.1, 0.15) is 24.4 Å². The molecule has 144 valence electrons. The number of hydrogen-bond donors (Lipinski definition) is 2. The maximum atomic E-state index is 14.9. The quantitative estimate of drug-likeness (QED) is 0.511. The van der Waals surface area contributed by atoms with E-state index in [4.69, 9.17) is 0 Å². The van der Waals surface area contributed by atoms with Gasteiger partial charge in [-0.1, -0.05) is 0 Å². The van der Waals surface area contributed by atoms with Crippen molar-refractivity contribution in [1.29, 1.82) is 0 Å². The molecule has 1 saturated heterocycles. The number of piperazine rings is 1. The van der Waals surface area contributed by atoms with Crippen LogP contribution in [0.15, 0.2) is 35.1 Å². The lowest BCUT2D eigenvalue weighted by Gasteiger charge is -2.33. The van der Waals surface area contributed by atoms with Crippen molar-refractivity contribution < 1.29 is 9.50 Å². The van der Waals surface area contributed by atoms with Crippen LogP contribution in [0.25, 0.3) is 16.6 Å². The molecule has 2 atom stereocenters. The summed E-state index contributed by atoms with van der Waals surface area (Å²) in [4.78, 5) is 19.7. The number of benzene rings is 2. The summed E-state index contributed by atoms with van der Waals surface area (Å²) in [6.45, 7) is 4.19. The zero-order chi connectivity index (χ0) is 19.6. The van der Waals surface area contributed by atoms with E-state index in [-0.39, 0.29) is 22.8 Å². The number of fused-ring (bicyclic) bond motifs is 4. The van der Waals surface area contributed by atoms with E-state index in [0.29, 0.717) is 35.5 Å². The average Bonchev–Trinajstić information content (AvgIpc) is 2.94. The third-order valence-corrected chi connectivity index (χ3v) is 6.11. The van der Waals surface area contributed by atoms with Crippen molar-refractivity contribution in [2.75, 3.05) is 24.5 Å². The highest BCUT2D eigenvalue weighted by atomic mass is 127. The van der Waals surface area contributed by atoms with Crippen molar-refractivity contribution in [3.63, 3.8) is 0 Å². The molecule has 2 aromatic carbocycles. The molecule has 8 heteroatoms. The number of aliphatic hydroxyl groups is 1. The zero-order valence-corrected chi connectivity index (χ0v) is 17.3. The summed E-state index contributed by atoms with van der Waals surface area (Å²) in [6.07, 6.45) is -0.977. The number of anilines is 1. The van der Waals surface area contributed by atoms with E-state index in [1.54, 1.807) is 12.1 Å². The van der Waals surface area contributed by atoms with E-state index in [1.165, 1.54) is 10.6 Å². The van der Waals surface area contributed by atoms with Crippen LogP contribution >= 0.6 is 22.6 Å². The van der Waals surface area contributed by atoms with Gasteiger partial charge in [0.05, 0.1) is 22.3 Å². The molecule has 0 spiro atoms. The minimum Gasteiger partial charge on any atom is -0.380 e. The topological polar surface area (TPSA) is 70.4 Å². The van der Waals surface area contributed by atoms with Gasteiger partial charge in [-0.15, -0.1) is 0 Å². The largest absolute Gasteiger partial charge is 0.380 e. The van der Waals surface area contributed by atoms with Crippen molar-refractivity contribution in [3.05, 3.63) is 61.5 Å². The van der Waals surface area contributed by atoms with Gasteiger partial charge in [0.15, 0.2) is 5.82 Å². The van der Waals surface area contributed by atoms with Gasteiger partial charge in [0, 0.05) is 34.8 Å². The lowest BCUT2D eigenvalue weighted by atomic mass is 10.1. The Morgan fingerprint density at radius 1 is 1.29 bits per heavy atom. The van der Waals surface area contributed by atoms with Crippen LogP contribution < -0.4 is 15.8 Å². The fraction of sp³-hybridized carbons (Fsp3) is 0.300.